The van der Waals surface area contributed by atoms with Crippen molar-refractivity contribution in [2.45, 2.75) is 46.5 Å². The maximum absolute atomic E-state index is 12.8. The zero-order valence-corrected chi connectivity index (χ0v) is 16.9. The summed E-state index contributed by atoms with van der Waals surface area (Å²) in [5, 5.41) is 2.91. The summed E-state index contributed by atoms with van der Waals surface area (Å²) in [7, 11) is 1.65. The minimum atomic E-state index is -0.224. The fourth-order valence-electron chi connectivity index (χ4n) is 3.57. The van der Waals surface area contributed by atoms with Crippen LogP contribution in [0, 0.1) is 19.8 Å². The molecule has 2 rings (SSSR count). The number of likely N-dealkylation sites (N-methyl/N-ethyl adjacent to an activating group) is 1. The minimum absolute atomic E-state index is 0.00597. The first-order valence-electron chi connectivity index (χ1n) is 9.72. The summed E-state index contributed by atoms with van der Waals surface area (Å²) in [6.07, 6.45) is 2.92. The number of amides is 3. The first-order valence-corrected chi connectivity index (χ1v) is 9.72. The molecule has 1 saturated heterocycles. The molecule has 1 aliphatic heterocycles. The van der Waals surface area contributed by atoms with Crippen molar-refractivity contribution in [2.75, 3.05) is 32.0 Å². The smallest absolute Gasteiger partial charge is 0.243 e. The molecule has 1 unspecified atom stereocenters. The number of hydrogen-bond donors (Lipinski definition) is 1. The highest BCUT2D eigenvalue weighted by molar-refractivity contribution is 5.96. The average molecular weight is 373 g/mol. The SMILES string of the molecule is CCCC(=O)N1CCCC(C(=O)N(C)CC(=O)Nc2c(C)cccc2C)C1. The Kier molecular flexibility index (Phi) is 7.39. The van der Waals surface area contributed by atoms with Crippen molar-refractivity contribution in [3.63, 3.8) is 0 Å². The molecule has 1 N–H and O–H groups in total. The monoisotopic (exact) mass is 373 g/mol. The van der Waals surface area contributed by atoms with E-state index >= 15 is 0 Å². The van der Waals surface area contributed by atoms with Crippen molar-refractivity contribution in [2.24, 2.45) is 5.92 Å². The van der Waals surface area contributed by atoms with E-state index in [9.17, 15) is 14.4 Å². The molecule has 27 heavy (non-hydrogen) atoms. The van der Waals surface area contributed by atoms with Crippen LogP contribution in [-0.4, -0.2) is 54.2 Å². The van der Waals surface area contributed by atoms with Gasteiger partial charge in [0.2, 0.25) is 17.7 Å². The number of anilines is 1. The van der Waals surface area contributed by atoms with Crippen molar-refractivity contribution in [3.05, 3.63) is 29.3 Å². The van der Waals surface area contributed by atoms with Crippen LogP contribution in [0.25, 0.3) is 0 Å². The number of carbonyl (C=O) groups is 3. The summed E-state index contributed by atoms with van der Waals surface area (Å²) in [5.41, 5.74) is 2.79. The van der Waals surface area contributed by atoms with Gasteiger partial charge < -0.3 is 15.1 Å². The number of nitrogens with zero attached hydrogens (tertiary/aromatic N) is 2. The van der Waals surface area contributed by atoms with Crippen molar-refractivity contribution in [1.82, 2.24) is 9.80 Å². The molecule has 148 valence electrons. The third kappa shape index (κ3) is 5.55. The first-order chi connectivity index (χ1) is 12.8. The lowest BCUT2D eigenvalue weighted by atomic mass is 9.96. The van der Waals surface area contributed by atoms with Gasteiger partial charge in [0.1, 0.15) is 0 Å². The zero-order chi connectivity index (χ0) is 20.0. The lowest BCUT2D eigenvalue weighted by molar-refractivity contribution is -0.141. The summed E-state index contributed by atoms with van der Waals surface area (Å²) in [6.45, 7) is 7.06. The van der Waals surface area contributed by atoms with Gasteiger partial charge in [-0.15, -0.1) is 0 Å². The average Bonchev–Trinajstić information content (AvgIpc) is 2.64. The van der Waals surface area contributed by atoms with Crippen molar-refractivity contribution >= 4 is 23.4 Å². The third-order valence-corrected chi connectivity index (χ3v) is 5.09. The van der Waals surface area contributed by atoms with Crippen molar-refractivity contribution in [1.29, 1.82) is 0 Å². The third-order valence-electron chi connectivity index (χ3n) is 5.09. The second-order valence-corrected chi connectivity index (χ2v) is 7.44. The molecule has 0 aliphatic carbocycles. The van der Waals surface area contributed by atoms with Gasteiger partial charge in [0, 0.05) is 32.2 Å². The standard InChI is InChI=1S/C21H31N3O3/c1-5-8-19(26)24-12-7-11-17(13-24)21(27)23(4)14-18(25)22-20-15(2)9-6-10-16(20)3/h6,9-10,17H,5,7-8,11-14H2,1-4H3,(H,22,25). The highest BCUT2D eigenvalue weighted by Gasteiger charge is 2.30. The van der Waals surface area contributed by atoms with E-state index < -0.39 is 0 Å². The first kappa shape index (κ1) is 20.9. The van der Waals surface area contributed by atoms with Crippen LogP contribution in [0.2, 0.25) is 0 Å². The van der Waals surface area contributed by atoms with E-state index in [1.165, 1.54) is 4.90 Å². The zero-order valence-electron chi connectivity index (χ0n) is 16.9. The number of hydrogen-bond acceptors (Lipinski definition) is 3. The van der Waals surface area contributed by atoms with Crippen molar-refractivity contribution in [3.8, 4) is 0 Å². The van der Waals surface area contributed by atoms with E-state index in [1.807, 2.05) is 39.0 Å². The molecular weight excluding hydrogens is 342 g/mol. The van der Waals surface area contributed by atoms with Crippen LogP contribution in [0.1, 0.15) is 43.7 Å². The summed E-state index contributed by atoms with van der Waals surface area (Å²) in [5.74, 6) is -0.387. The highest BCUT2D eigenvalue weighted by Crippen LogP contribution is 2.21. The maximum Gasteiger partial charge on any atom is 0.243 e. The summed E-state index contributed by atoms with van der Waals surface area (Å²) < 4.78 is 0. The Morgan fingerprint density at radius 3 is 2.52 bits per heavy atom. The fraction of sp³-hybridized carbons (Fsp3) is 0.571. The molecule has 0 spiro atoms. The molecular formula is C21H31N3O3. The molecule has 6 nitrogen and oxygen atoms in total. The number of likely N-dealkylation sites (tertiary alicyclic amines) is 1. The largest absolute Gasteiger partial charge is 0.342 e. The number of aryl methyl sites for hydroxylation is 2. The van der Waals surface area contributed by atoms with Crippen LogP contribution in [0.5, 0.6) is 0 Å². The summed E-state index contributed by atoms with van der Waals surface area (Å²) >= 11 is 0. The summed E-state index contributed by atoms with van der Waals surface area (Å²) in [6, 6.07) is 5.84. The van der Waals surface area contributed by atoms with E-state index in [0.717, 1.165) is 42.6 Å². The molecule has 3 amide bonds. The predicted molar refractivity (Wildman–Crippen MR) is 106 cm³/mol. The Bertz CT molecular complexity index is 682. The molecule has 1 aromatic carbocycles. The second kappa shape index (κ2) is 9.53. The normalized spacial score (nSPS) is 16.7. The second-order valence-electron chi connectivity index (χ2n) is 7.44. The lowest BCUT2D eigenvalue weighted by Gasteiger charge is -2.34. The van der Waals surface area contributed by atoms with E-state index in [1.54, 1.807) is 11.9 Å². The fourth-order valence-corrected chi connectivity index (χ4v) is 3.57. The van der Waals surface area contributed by atoms with Gasteiger partial charge in [-0.25, -0.2) is 0 Å². The Morgan fingerprint density at radius 1 is 1.22 bits per heavy atom. The molecule has 1 aliphatic rings. The molecule has 1 heterocycles. The highest BCUT2D eigenvalue weighted by atomic mass is 16.2. The van der Waals surface area contributed by atoms with Gasteiger partial charge in [-0.1, -0.05) is 25.1 Å². The van der Waals surface area contributed by atoms with Gasteiger partial charge in [0.15, 0.2) is 0 Å². The topological polar surface area (TPSA) is 69.7 Å². The number of nitrogens with one attached hydrogen (secondary N) is 1. The van der Waals surface area contributed by atoms with Crippen LogP contribution in [0.4, 0.5) is 5.69 Å². The Morgan fingerprint density at radius 2 is 1.89 bits per heavy atom. The van der Waals surface area contributed by atoms with Crippen LogP contribution < -0.4 is 5.32 Å². The molecule has 0 saturated carbocycles. The number of benzene rings is 1. The van der Waals surface area contributed by atoms with Crippen LogP contribution in [0.3, 0.4) is 0 Å². The van der Waals surface area contributed by atoms with E-state index in [4.69, 9.17) is 0 Å². The molecule has 0 radical (unpaired) electrons. The van der Waals surface area contributed by atoms with Crippen LogP contribution >= 0.6 is 0 Å². The number of piperidine rings is 1. The number of rotatable bonds is 6. The van der Waals surface area contributed by atoms with Gasteiger partial charge in [-0.05, 0) is 44.2 Å². The summed E-state index contributed by atoms with van der Waals surface area (Å²) in [4.78, 5) is 40.5. The lowest BCUT2D eigenvalue weighted by Crippen LogP contribution is -2.47. The molecule has 1 atom stereocenters. The molecule has 6 heteroatoms. The number of para-hydroxylation sites is 1. The van der Waals surface area contributed by atoms with Gasteiger partial charge in [0.05, 0.1) is 12.5 Å². The minimum Gasteiger partial charge on any atom is -0.342 e. The number of carbonyl (C=O) groups excluding carboxylic acids is 3. The van der Waals surface area contributed by atoms with Crippen molar-refractivity contribution < 1.29 is 14.4 Å². The molecule has 0 bridgehead atoms. The Labute approximate surface area is 161 Å². The van der Waals surface area contributed by atoms with E-state index in [0.29, 0.717) is 13.0 Å². The quantitative estimate of drug-likeness (QED) is 0.834. The van der Waals surface area contributed by atoms with Gasteiger partial charge in [-0.3, -0.25) is 14.4 Å². The Balaban J connectivity index is 1.92. The maximum atomic E-state index is 12.8. The molecule has 0 aromatic heterocycles. The molecule has 1 fully saturated rings. The van der Waals surface area contributed by atoms with Gasteiger partial charge in [-0.2, -0.15) is 0 Å². The van der Waals surface area contributed by atoms with E-state index in [-0.39, 0.29) is 30.2 Å². The predicted octanol–water partition coefficient (Wildman–Crippen LogP) is 2.74. The van der Waals surface area contributed by atoms with Crippen LogP contribution in [0.15, 0.2) is 18.2 Å². The van der Waals surface area contributed by atoms with Gasteiger partial charge >= 0.3 is 0 Å². The Hall–Kier alpha value is -2.37. The van der Waals surface area contributed by atoms with Gasteiger partial charge in [0.25, 0.3) is 0 Å². The van der Waals surface area contributed by atoms with Crippen LogP contribution in [-0.2, 0) is 14.4 Å². The van der Waals surface area contributed by atoms with E-state index in [2.05, 4.69) is 5.32 Å². The molecule has 1 aromatic rings.